The Balaban J connectivity index is 2.12. The molecular formula is C15H18F3NO2. The third kappa shape index (κ3) is 4.31. The molecule has 6 heteroatoms. The smallest absolute Gasteiger partial charge is 0.408 e. The van der Waals surface area contributed by atoms with Crippen molar-refractivity contribution in [3.63, 3.8) is 0 Å². The summed E-state index contributed by atoms with van der Waals surface area (Å²) in [6.45, 7) is 0.0594. The molecule has 0 amide bonds. The highest BCUT2D eigenvalue weighted by atomic mass is 19.4. The van der Waals surface area contributed by atoms with Gasteiger partial charge in [-0.1, -0.05) is 0 Å². The van der Waals surface area contributed by atoms with Crippen LogP contribution in [0.4, 0.5) is 18.9 Å². The van der Waals surface area contributed by atoms with E-state index in [-0.39, 0.29) is 6.61 Å². The first-order valence-electron chi connectivity index (χ1n) is 6.74. The van der Waals surface area contributed by atoms with E-state index in [2.05, 4.69) is 5.32 Å². The van der Waals surface area contributed by atoms with Gasteiger partial charge in [0.05, 0.1) is 20.0 Å². The molecule has 3 nitrogen and oxygen atoms in total. The monoisotopic (exact) mass is 301 g/mol. The Bertz CT molecular complexity index is 461. The van der Waals surface area contributed by atoms with E-state index in [1.165, 1.54) is 13.4 Å². The summed E-state index contributed by atoms with van der Waals surface area (Å²) >= 11 is 0. The fraction of sp³-hybridized carbons (Fsp3) is 0.467. The fourth-order valence-corrected chi connectivity index (χ4v) is 2.31. The molecule has 0 aromatic heterocycles. The number of alkyl halides is 3. The van der Waals surface area contributed by atoms with Crippen LogP contribution >= 0.6 is 0 Å². The molecular weight excluding hydrogens is 283 g/mol. The minimum absolute atomic E-state index is 0.0594. The zero-order valence-corrected chi connectivity index (χ0v) is 11.7. The summed E-state index contributed by atoms with van der Waals surface area (Å²) in [6.07, 6.45) is -0.0920. The van der Waals surface area contributed by atoms with Gasteiger partial charge in [-0.2, -0.15) is 13.2 Å². The second-order valence-electron chi connectivity index (χ2n) is 4.93. The Labute approximate surface area is 121 Å². The number of benzene rings is 1. The lowest BCUT2D eigenvalue weighted by Crippen LogP contribution is -2.44. The summed E-state index contributed by atoms with van der Waals surface area (Å²) in [4.78, 5) is 0. The molecule has 1 heterocycles. The van der Waals surface area contributed by atoms with Crippen LogP contribution in [0.15, 0.2) is 36.6 Å². The lowest BCUT2D eigenvalue weighted by atomic mass is 9.94. The summed E-state index contributed by atoms with van der Waals surface area (Å²) in [7, 11) is 1.51. The second kappa shape index (κ2) is 6.74. The van der Waals surface area contributed by atoms with Crippen molar-refractivity contribution in [1.82, 2.24) is 0 Å². The van der Waals surface area contributed by atoms with Crippen LogP contribution in [0.1, 0.15) is 12.8 Å². The maximum Gasteiger partial charge on any atom is 0.408 e. The molecule has 21 heavy (non-hydrogen) atoms. The van der Waals surface area contributed by atoms with Gasteiger partial charge in [0.2, 0.25) is 0 Å². The first-order chi connectivity index (χ1) is 10.0. The van der Waals surface area contributed by atoms with Crippen LogP contribution in [-0.4, -0.2) is 25.9 Å². The number of anilines is 1. The molecule has 0 radical (unpaired) electrons. The van der Waals surface area contributed by atoms with Crippen LogP contribution in [0.25, 0.3) is 0 Å². The van der Waals surface area contributed by atoms with Gasteiger partial charge >= 0.3 is 6.18 Å². The predicted octanol–water partition coefficient (Wildman–Crippen LogP) is 3.98. The molecule has 1 N–H and O–H groups in total. The highest BCUT2D eigenvalue weighted by molar-refractivity contribution is 5.47. The number of ether oxygens (including phenoxy) is 2. The molecule has 0 spiro atoms. The van der Waals surface area contributed by atoms with Crippen LogP contribution in [0.5, 0.6) is 5.75 Å². The number of allylic oxidation sites excluding steroid dienone is 1. The normalized spacial score (nSPS) is 20.3. The summed E-state index contributed by atoms with van der Waals surface area (Å²) in [6, 6.07) is 4.77. The minimum atomic E-state index is -4.34. The van der Waals surface area contributed by atoms with Crippen molar-refractivity contribution in [2.75, 3.05) is 19.0 Å². The Hall–Kier alpha value is -1.85. The SMILES string of the molecule is COc1ccc(N[C@@H](C2CCC=COC2)C(F)(F)F)cc1. The van der Waals surface area contributed by atoms with Crippen LogP contribution < -0.4 is 10.1 Å². The molecule has 1 unspecified atom stereocenters. The van der Waals surface area contributed by atoms with Crippen molar-refractivity contribution in [3.05, 3.63) is 36.6 Å². The average molecular weight is 301 g/mol. The molecule has 0 saturated carbocycles. The van der Waals surface area contributed by atoms with Gasteiger partial charge in [-0.15, -0.1) is 0 Å². The van der Waals surface area contributed by atoms with E-state index in [1.54, 1.807) is 30.3 Å². The molecule has 1 aliphatic rings. The van der Waals surface area contributed by atoms with Gasteiger partial charge in [0, 0.05) is 11.6 Å². The van der Waals surface area contributed by atoms with Crippen LogP contribution in [0.3, 0.4) is 0 Å². The molecule has 116 valence electrons. The Morgan fingerprint density at radius 1 is 1.29 bits per heavy atom. The van der Waals surface area contributed by atoms with Gasteiger partial charge in [-0.25, -0.2) is 0 Å². The Kier molecular flexibility index (Phi) is 4.98. The molecule has 0 saturated heterocycles. The van der Waals surface area contributed by atoms with Crippen molar-refractivity contribution in [2.45, 2.75) is 25.1 Å². The molecule has 0 fully saturated rings. The molecule has 2 atom stereocenters. The van der Waals surface area contributed by atoms with E-state index in [1.807, 2.05) is 0 Å². The maximum atomic E-state index is 13.3. The molecule has 2 rings (SSSR count). The largest absolute Gasteiger partial charge is 0.501 e. The third-order valence-corrected chi connectivity index (χ3v) is 3.44. The number of hydrogen-bond donors (Lipinski definition) is 1. The van der Waals surface area contributed by atoms with Crippen molar-refractivity contribution in [2.24, 2.45) is 5.92 Å². The lowest BCUT2D eigenvalue weighted by Gasteiger charge is -2.29. The lowest BCUT2D eigenvalue weighted by molar-refractivity contribution is -0.156. The average Bonchev–Trinajstić information content (AvgIpc) is 2.73. The van der Waals surface area contributed by atoms with Crippen LogP contribution in [0.2, 0.25) is 0 Å². The van der Waals surface area contributed by atoms with Gasteiger partial charge < -0.3 is 14.8 Å². The zero-order chi connectivity index (χ0) is 15.3. The van der Waals surface area contributed by atoms with E-state index >= 15 is 0 Å². The van der Waals surface area contributed by atoms with Gasteiger partial charge in [-0.05, 0) is 43.2 Å². The van der Waals surface area contributed by atoms with Crippen molar-refractivity contribution in [3.8, 4) is 5.75 Å². The molecule has 0 bridgehead atoms. The first-order valence-corrected chi connectivity index (χ1v) is 6.74. The van der Waals surface area contributed by atoms with E-state index in [0.29, 0.717) is 24.3 Å². The van der Waals surface area contributed by atoms with E-state index < -0.39 is 18.1 Å². The number of methoxy groups -OCH3 is 1. The minimum Gasteiger partial charge on any atom is -0.501 e. The van der Waals surface area contributed by atoms with Crippen molar-refractivity contribution in [1.29, 1.82) is 0 Å². The number of hydrogen-bond acceptors (Lipinski definition) is 3. The van der Waals surface area contributed by atoms with Gasteiger partial charge in [-0.3, -0.25) is 0 Å². The Morgan fingerprint density at radius 3 is 2.62 bits per heavy atom. The van der Waals surface area contributed by atoms with Gasteiger partial charge in [0.25, 0.3) is 0 Å². The van der Waals surface area contributed by atoms with Crippen LogP contribution in [0, 0.1) is 5.92 Å². The van der Waals surface area contributed by atoms with Crippen molar-refractivity contribution >= 4 is 5.69 Å². The van der Waals surface area contributed by atoms with Gasteiger partial charge in [0.1, 0.15) is 11.8 Å². The summed E-state index contributed by atoms with van der Waals surface area (Å²) in [5.74, 6) is -0.0202. The fourth-order valence-electron chi connectivity index (χ4n) is 2.31. The molecule has 1 aliphatic heterocycles. The second-order valence-corrected chi connectivity index (χ2v) is 4.93. The summed E-state index contributed by atoms with van der Waals surface area (Å²) in [5, 5.41) is 2.58. The first kappa shape index (κ1) is 15.5. The summed E-state index contributed by atoms with van der Waals surface area (Å²) < 4.78 is 50.0. The van der Waals surface area contributed by atoms with E-state index in [4.69, 9.17) is 9.47 Å². The third-order valence-electron chi connectivity index (χ3n) is 3.44. The molecule has 1 aromatic rings. The predicted molar refractivity (Wildman–Crippen MR) is 74.3 cm³/mol. The van der Waals surface area contributed by atoms with Crippen molar-refractivity contribution < 1.29 is 22.6 Å². The zero-order valence-electron chi connectivity index (χ0n) is 11.7. The topological polar surface area (TPSA) is 30.5 Å². The standard InChI is InChI=1S/C15H18F3NO2/c1-20-13-7-5-12(6-8-13)19-14(15(16,17)18)11-4-2-3-9-21-10-11/h3,5-9,11,14,19H,2,4,10H2,1H3/t11?,14-/m0/s1. The molecule has 1 aromatic carbocycles. The molecule has 0 aliphatic carbocycles. The van der Waals surface area contributed by atoms with E-state index in [0.717, 1.165) is 0 Å². The quantitative estimate of drug-likeness (QED) is 0.912. The number of nitrogens with one attached hydrogen (secondary N) is 1. The number of halogens is 3. The highest BCUT2D eigenvalue weighted by Crippen LogP contribution is 2.32. The highest BCUT2D eigenvalue weighted by Gasteiger charge is 2.44. The summed E-state index contributed by atoms with van der Waals surface area (Å²) in [5.41, 5.74) is 0.412. The maximum absolute atomic E-state index is 13.3. The van der Waals surface area contributed by atoms with E-state index in [9.17, 15) is 13.2 Å². The number of rotatable bonds is 4. The van der Waals surface area contributed by atoms with Gasteiger partial charge in [0.15, 0.2) is 0 Å². The Morgan fingerprint density at radius 2 is 2.00 bits per heavy atom. The van der Waals surface area contributed by atoms with Crippen LogP contribution in [-0.2, 0) is 4.74 Å².